The Morgan fingerprint density at radius 1 is 1.06 bits per heavy atom. The van der Waals surface area contributed by atoms with Crippen molar-refractivity contribution < 1.29 is 9.18 Å². The molecule has 4 aromatic rings. The Labute approximate surface area is 200 Å². The molecule has 1 amide bonds. The first-order valence-corrected chi connectivity index (χ1v) is 11.7. The second-order valence-electron chi connectivity index (χ2n) is 8.99. The lowest BCUT2D eigenvalue weighted by Gasteiger charge is -2.21. The molecule has 6 rings (SSSR count). The average Bonchev–Trinajstić information content (AvgIpc) is 3.13. The summed E-state index contributed by atoms with van der Waals surface area (Å²) >= 11 is 0. The molecule has 10 heteroatoms. The highest BCUT2D eigenvalue weighted by molar-refractivity contribution is 5.98. The lowest BCUT2D eigenvalue weighted by Crippen LogP contribution is -2.25. The summed E-state index contributed by atoms with van der Waals surface area (Å²) in [6.45, 7) is 3.63. The summed E-state index contributed by atoms with van der Waals surface area (Å²) in [6.07, 6.45) is 5.95. The fraction of sp³-hybridized carbons (Fsp3) is 0.280. The van der Waals surface area contributed by atoms with Crippen molar-refractivity contribution in [2.45, 2.75) is 32.7 Å². The van der Waals surface area contributed by atoms with E-state index in [4.69, 9.17) is 5.73 Å². The second kappa shape index (κ2) is 8.23. The highest BCUT2D eigenvalue weighted by Crippen LogP contribution is 2.38. The van der Waals surface area contributed by atoms with Gasteiger partial charge in [-0.3, -0.25) is 14.5 Å². The molecule has 2 aliphatic rings. The maximum Gasteiger partial charge on any atom is 0.241 e. The summed E-state index contributed by atoms with van der Waals surface area (Å²) in [6, 6.07) is 5.52. The molecule has 35 heavy (non-hydrogen) atoms. The molecule has 1 aromatic carbocycles. The van der Waals surface area contributed by atoms with Crippen molar-refractivity contribution in [2.24, 2.45) is 0 Å². The number of fused-ring (bicyclic) bond motifs is 3. The van der Waals surface area contributed by atoms with E-state index in [1.54, 1.807) is 23.1 Å². The van der Waals surface area contributed by atoms with Crippen LogP contribution >= 0.6 is 0 Å². The van der Waals surface area contributed by atoms with Crippen molar-refractivity contribution in [3.8, 4) is 11.1 Å². The number of nitrogen functional groups attached to an aromatic ring is 1. The Kier molecular flexibility index (Phi) is 5.01. The number of hydrogen-bond donors (Lipinski definition) is 4. The van der Waals surface area contributed by atoms with Gasteiger partial charge in [-0.15, -0.1) is 0 Å². The van der Waals surface area contributed by atoms with Crippen molar-refractivity contribution >= 4 is 39.7 Å². The predicted octanol–water partition coefficient (Wildman–Crippen LogP) is 3.30. The van der Waals surface area contributed by atoms with Crippen molar-refractivity contribution in [1.82, 2.24) is 25.1 Å². The normalized spacial score (nSPS) is 15.1. The summed E-state index contributed by atoms with van der Waals surface area (Å²) in [7, 11) is 0. The summed E-state index contributed by atoms with van der Waals surface area (Å²) in [4.78, 5) is 20.8. The number of rotatable bonds is 3. The van der Waals surface area contributed by atoms with E-state index >= 15 is 4.39 Å². The number of nitrogens with two attached hydrogens (primary N) is 1. The summed E-state index contributed by atoms with van der Waals surface area (Å²) in [5.41, 5.74) is 11.3. The zero-order valence-corrected chi connectivity index (χ0v) is 19.3. The molecule has 178 valence electrons. The van der Waals surface area contributed by atoms with Crippen molar-refractivity contribution in [2.75, 3.05) is 29.5 Å². The van der Waals surface area contributed by atoms with Crippen LogP contribution in [0.1, 0.15) is 23.4 Å². The molecule has 0 spiro atoms. The Bertz CT molecular complexity index is 1500. The molecule has 0 radical (unpaired) electrons. The van der Waals surface area contributed by atoms with Gasteiger partial charge in [0.1, 0.15) is 12.4 Å². The van der Waals surface area contributed by atoms with E-state index in [1.165, 1.54) is 0 Å². The van der Waals surface area contributed by atoms with E-state index in [-0.39, 0.29) is 18.1 Å². The van der Waals surface area contributed by atoms with Gasteiger partial charge in [-0.05, 0) is 42.8 Å². The smallest absolute Gasteiger partial charge is 0.241 e. The van der Waals surface area contributed by atoms with E-state index < -0.39 is 5.82 Å². The van der Waals surface area contributed by atoms with Crippen LogP contribution in [0.5, 0.6) is 0 Å². The Morgan fingerprint density at radius 3 is 2.83 bits per heavy atom. The Morgan fingerprint density at radius 2 is 1.94 bits per heavy atom. The number of nitrogens with zero attached hydrogens (tertiary/aromatic N) is 4. The third-order valence-corrected chi connectivity index (χ3v) is 6.71. The van der Waals surface area contributed by atoms with E-state index in [1.807, 2.05) is 19.1 Å². The third-order valence-electron chi connectivity index (χ3n) is 6.71. The van der Waals surface area contributed by atoms with Crippen molar-refractivity contribution in [1.29, 1.82) is 0 Å². The van der Waals surface area contributed by atoms with Gasteiger partial charge in [0.05, 0.1) is 17.1 Å². The van der Waals surface area contributed by atoms with Gasteiger partial charge in [0.15, 0.2) is 11.6 Å². The van der Waals surface area contributed by atoms with Crippen molar-refractivity contribution in [3.05, 3.63) is 53.4 Å². The highest BCUT2D eigenvalue weighted by atomic mass is 19.1. The Balaban J connectivity index is 1.38. The maximum atomic E-state index is 15.4. The number of amides is 1. The van der Waals surface area contributed by atoms with Crippen LogP contribution < -0.4 is 21.7 Å². The van der Waals surface area contributed by atoms with Crippen LogP contribution in [-0.4, -0.2) is 38.7 Å². The number of pyridine rings is 2. The molecular formula is C25H25FN8O. The molecule has 3 aromatic heterocycles. The largest absolute Gasteiger partial charge is 0.396 e. The van der Waals surface area contributed by atoms with Gasteiger partial charge in [-0.1, -0.05) is 0 Å². The fourth-order valence-electron chi connectivity index (χ4n) is 4.89. The van der Waals surface area contributed by atoms with Crippen LogP contribution in [0.15, 0.2) is 30.6 Å². The van der Waals surface area contributed by atoms with E-state index in [2.05, 4.69) is 31.0 Å². The van der Waals surface area contributed by atoms with Gasteiger partial charge in [0.2, 0.25) is 5.91 Å². The summed E-state index contributed by atoms with van der Waals surface area (Å²) < 4.78 is 17.1. The molecule has 9 nitrogen and oxygen atoms in total. The van der Waals surface area contributed by atoms with E-state index in [9.17, 15) is 4.79 Å². The topological polar surface area (TPSA) is 123 Å². The number of aromatic nitrogens is 4. The van der Waals surface area contributed by atoms with Gasteiger partial charge in [-0.25, -0.2) is 9.37 Å². The zero-order chi connectivity index (χ0) is 24.1. The van der Waals surface area contributed by atoms with Crippen LogP contribution in [0.2, 0.25) is 0 Å². The SMILES string of the molecule is Cc1c(-c2cc3cc(Nc4cc5n(n4)CC(=O)NCC5)ncc3c(N)c2F)cnc2c1NCCC2. The first kappa shape index (κ1) is 21.3. The zero-order valence-electron chi connectivity index (χ0n) is 19.3. The average molecular weight is 473 g/mol. The minimum Gasteiger partial charge on any atom is -0.396 e. The predicted molar refractivity (Wildman–Crippen MR) is 133 cm³/mol. The molecular weight excluding hydrogens is 447 g/mol. The minimum absolute atomic E-state index is 0.0568. The number of nitrogens with one attached hydrogen (secondary N) is 3. The number of carbonyl (C=O) groups is 1. The van der Waals surface area contributed by atoms with Gasteiger partial charge in [0, 0.05) is 60.2 Å². The lowest BCUT2D eigenvalue weighted by molar-refractivity contribution is -0.121. The first-order chi connectivity index (χ1) is 17.0. The van der Waals surface area contributed by atoms with Gasteiger partial charge in [0.25, 0.3) is 0 Å². The molecule has 0 fully saturated rings. The fourth-order valence-corrected chi connectivity index (χ4v) is 4.89. The first-order valence-electron chi connectivity index (χ1n) is 11.7. The molecule has 0 saturated heterocycles. The van der Waals surface area contributed by atoms with Crippen LogP contribution in [0.25, 0.3) is 21.9 Å². The van der Waals surface area contributed by atoms with Crippen LogP contribution in [0.4, 0.5) is 27.4 Å². The minimum atomic E-state index is -0.475. The second-order valence-corrected chi connectivity index (χ2v) is 8.99. The maximum absolute atomic E-state index is 15.4. The molecule has 2 aliphatic heterocycles. The number of benzene rings is 1. The number of hydrogen-bond acceptors (Lipinski definition) is 7. The van der Waals surface area contributed by atoms with Crippen LogP contribution in [-0.2, 0) is 24.2 Å². The van der Waals surface area contributed by atoms with Gasteiger partial charge >= 0.3 is 0 Å². The summed E-state index contributed by atoms with van der Waals surface area (Å²) in [5, 5.41) is 15.2. The number of anilines is 4. The third kappa shape index (κ3) is 3.71. The summed E-state index contributed by atoms with van der Waals surface area (Å²) in [5.74, 6) is 0.609. The van der Waals surface area contributed by atoms with E-state index in [0.717, 1.165) is 47.4 Å². The number of halogens is 1. The molecule has 0 unspecified atom stereocenters. The molecule has 5 heterocycles. The Hall–Kier alpha value is -4.21. The standard InChI is InChI=1S/C25H25FN8O/c1-13-17(10-30-19-3-2-5-29-25(13)19)16-7-14-8-20(31-11-18(14)24(27)23(16)26)32-21-9-15-4-6-28-22(35)12-34(15)33-21/h7-11,29H,2-6,12,27H2,1H3,(H,28,35)(H,31,32,33). The quantitative estimate of drug-likeness (QED) is 0.338. The lowest BCUT2D eigenvalue weighted by atomic mass is 9.95. The number of carbonyl (C=O) groups excluding carboxylic acids is 1. The van der Waals surface area contributed by atoms with E-state index in [0.29, 0.717) is 41.1 Å². The van der Waals surface area contributed by atoms with Crippen LogP contribution in [0.3, 0.4) is 0 Å². The molecule has 0 bridgehead atoms. The molecule has 0 aliphatic carbocycles. The van der Waals surface area contributed by atoms with Crippen molar-refractivity contribution in [3.63, 3.8) is 0 Å². The monoisotopic (exact) mass is 472 g/mol. The van der Waals surface area contributed by atoms with Gasteiger partial charge in [-0.2, -0.15) is 5.10 Å². The van der Waals surface area contributed by atoms with Crippen LogP contribution in [0, 0.1) is 12.7 Å². The molecule has 0 atom stereocenters. The molecule has 5 N–H and O–H groups in total. The van der Waals surface area contributed by atoms with Gasteiger partial charge < -0.3 is 21.7 Å². The number of aryl methyl sites for hydroxylation is 1. The molecule has 0 saturated carbocycles. The highest BCUT2D eigenvalue weighted by Gasteiger charge is 2.21.